The van der Waals surface area contributed by atoms with Crippen molar-refractivity contribution in [2.75, 3.05) is 47.5 Å². The zero-order chi connectivity index (χ0) is 36.9. The number of rotatable bonds is 7. The molecule has 0 radical (unpaired) electrons. The van der Waals surface area contributed by atoms with Crippen LogP contribution in [-0.2, 0) is 0 Å². The highest BCUT2D eigenvalue weighted by molar-refractivity contribution is 5.67. The number of nitrogens with one attached hydrogen (secondary N) is 2. The van der Waals surface area contributed by atoms with Crippen molar-refractivity contribution < 1.29 is 18.6 Å². The van der Waals surface area contributed by atoms with Crippen LogP contribution in [0.4, 0.5) is 4.39 Å². The minimum atomic E-state index is -0.478. The molecule has 2 N–H and O–H groups in total. The summed E-state index contributed by atoms with van der Waals surface area (Å²) in [5, 5.41) is 6.62. The van der Waals surface area contributed by atoms with Gasteiger partial charge in [-0.05, 0) is 98.4 Å². The Bertz CT molecular complexity index is 2440. The molecule has 0 atom stereocenters. The van der Waals surface area contributed by atoms with Crippen LogP contribution in [0.15, 0.2) is 94.9 Å². The zero-order valence-electron chi connectivity index (χ0n) is 29.8. The van der Waals surface area contributed by atoms with E-state index in [2.05, 4.69) is 31.7 Å². The number of halogens is 1. The first-order valence-corrected chi connectivity index (χ1v) is 17.4. The summed E-state index contributed by atoms with van der Waals surface area (Å²) in [6.07, 6.45) is 10.4. The molecule has 0 unspecified atom stereocenters. The number of ether oxygens (including phenoxy) is 3. The van der Waals surface area contributed by atoms with Gasteiger partial charge in [-0.3, -0.25) is 23.4 Å². The van der Waals surface area contributed by atoms with Gasteiger partial charge in [-0.2, -0.15) is 0 Å². The summed E-state index contributed by atoms with van der Waals surface area (Å²) < 4.78 is 32.6. The van der Waals surface area contributed by atoms with Crippen molar-refractivity contribution in [3.63, 3.8) is 0 Å². The van der Waals surface area contributed by atoms with Gasteiger partial charge in [0.2, 0.25) is 0 Å². The molecule has 0 bridgehead atoms. The Balaban J connectivity index is 0.000000164. The van der Waals surface area contributed by atoms with Gasteiger partial charge in [0.25, 0.3) is 11.1 Å². The fraction of sp³-hybridized carbons (Fsp3) is 0.275. The number of piperidine rings is 1. The van der Waals surface area contributed by atoms with Gasteiger partial charge >= 0.3 is 0 Å². The molecule has 0 saturated carbocycles. The monoisotopic (exact) mass is 717 g/mol. The van der Waals surface area contributed by atoms with E-state index < -0.39 is 5.82 Å². The minimum absolute atomic E-state index is 0.150. The smallest absolute Gasteiger partial charge is 0.258 e. The summed E-state index contributed by atoms with van der Waals surface area (Å²) in [5.74, 6) is 1.36. The Hall–Kier alpha value is -5.92. The molecule has 2 aromatic carbocycles. The Kier molecular flexibility index (Phi) is 10.6. The van der Waals surface area contributed by atoms with E-state index in [1.54, 1.807) is 49.2 Å². The molecule has 4 aromatic heterocycles. The third-order valence-corrected chi connectivity index (χ3v) is 9.56. The molecule has 2 aliphatic heterocycles. The van der Waals surface area contributed by atoms with Gasteiger partial charge in [-0.1, -0.05) is 12.1 Å². The van der Waals surface area contributed by atoms with Crippen LogP contribution in [0.25, 0.3) is 39.4 Å². The summed E-state index contributed by atoms with van der Waals surface area (Å²) in [5.41, 5.74) is 6.20. The third-order valence-electron chi connectivity index (χ3n) is 9.56. The number of benzene rings is 2. The number of fused-ring (bicyclic) bond motifs is 2. The Morgan fingerprint density at radius 3 is 2.02 bits per heavy atom. The zero-order valence-corrected chi connectivity index (χ0v) is 29.8. The first kappa shape index (κ1) is 35.5. The second-order valence-electron chi connectivity index (χ2n) is 12.8. The van der Waals surface area contributed by atoms with Crippen LogP contribution in [0.5, 0.6) is 17.2 Å². The van der Waals surface area contributed by atoms with E-state index in [0.29, 0.717) is 45.7 Å². The maximum Gasteiger partial charge on any atom is 0.258 e. The van der Waals surface area contributed by atoms with E-state index in [9.17, 15) is 14.0 Å². The summed E-state index contributed by atoms with van der Waals surface area (Å²) >= 11 is 0. The van der Waals surface area contributed by atoms with Crippen molar-refractivity contribution in [3.8, 4) is 39.8 Å². The van der Waals surface area contributed by atoms with Crippen molar-refractivity contribution >= 4 is 16.9 Å². The van der Waals surface area contributed by atoms with Crippen molar-refractivity contribution in [1.82, 2.24) is 34.4 Å². The van der Waals surface area contributed by atoms with Crippen LogP contribution in [-0.4, -0.2) is 71.3 Å². The van der Waals surface area contributed by atoms with E-state index in [4.69, 9.17) is 14.2 Å². The molecular formula is C40H40FN7O5. The van der Waals surface area contributed by atoms with Crippen LogP contribution >= 0.6 is 0 Å². The summed E-state index contributed by atoms with van der Waals surface area (Å²) in [6, 6.07) is 16.9. The molecule has 0 aliphatic carbocycles. The molecule has 272 valence electrons. The van der Waals surface area contributed by atoms with Gasteiger partial charge in [0.05, 0.1) is 44.6 Å². The third kappa shape index (κ3) is 7.66. The van der Waals surface area contributed by atoms with Gasteiger partial charge < -0.3 is 24.8 Å². The van der Waals surface area contributed by atoms with Crippen molar-refractivity contribution in [2.45, 2.75) is 25.2 Å². The van der Waals surface area contributed by atoms with Crippen LogP contribution in [0.3, 0.4) is 0 Å². The second-order valence-corrected chi connectivity index (χ2v) is 12.8. The minimum Gasteiger partial charge on any atom is -0.494 e. The normalized spacial score (nSPS) is 14.7. The maximum atomic E-state index is 14.0. The maximum absolute atomic E-state index is 14.0. The first-order chi connectivity index (χ1) is 25.8. The highest BCUT2D eigenvalue weighted by Gasteiger charge is 2.17. The summed E-state index contributed by atoms with van der Waals surface area (Å²) in [7, 11) is 4.57. The van der Waals surface area contributed by atoms with Crippen molar-refractivity contribution in [1.29, 1.82) is 0 Å². The van der Waals surface area contributed by atoms with E-state index in [1.165, 1.54) is 35.8 Å². The fourth-order valence-electron chi connectivity index (χ4n) is 6.67. The molecule has 2 aliphatic rings. The largest absolute Gasteiger partial charge is 0.494 e. The lowest BCUT2D eigenvalue weighted by Crippen LogP contribution is -2.27. The standard InChI is InChI=1S/C20H20FN3O2.C20H20N4O3/c1-26-18-4-2-14(10-16(18)21)17-11-20(25)24-12-15(3-5-19(24)23-17)13-6-8-22-9-7-13;1-26-17-4-3-14(9-18(17)27-2)15-10-20(25)24-12-16(22-11-19(24)23-15)13-5-7-21-8-6-13/h2-5,10-13,22H,6-9H2,1H3;3-5,9-12,21H,6-8H2,1-2H3. The van der Waals surface area contributed by atoms with E-state index in [0.717, 1.165) is 67.8 Å². The van der Waals surface area contributed by atoms with Crippen molar-refractivity contribution in [2.24, 2.45) is 0 Å². The average Bonchev–Trinajstić information content (AvgIpc) is 3.21. The van der Waals surface area contributed by atoms with Crippen molar-refractivity contribution in [3.05, 3.63) is 123 Å². The quantitative estimate of drug-likeness (QED) is 0.229. The molecule has 0 amide bonds. The predicted molar refractivity (Wildman–Crippen MR) is 202 cm³/mol. The lowest BCUT2D eigenvalue weighted by Gasteiger charge is -2.23. The van der Waals surface area contributed by atoms with Crippen LogP contribution in [0.2, 0.25) is 0 Å². The van der Waals surface area contributed by atoms with Crippen LogP contribution in [0.1, 0.15) is 36.4 Å². The van der Waals surface area contributed by atoms with E-state index in [1.807, 2.05) is 24.4 Å². The number of nitrogens with zero attached hydrogens (tertiary/aromatic N) is 5. The highest BCUT2D eigenvalue weighted by atomic mass is 19.1. The number of methoxy groups -OCH3 is 3. The van der Waals surface area contributed by atoms with E-state index >= 15 is 0 Å². The summed E-state index contributed by atoms with van der Waals surface area (Å²) in [6.45, 7) is 3.73. The molecule has 6 aromatic rings. The molecular weight excluding hydrogens is 677 g/mol. The topological polar surface area (TPSA) is 133 Å². The molecule has 1 fully saturated rings. The molecule has 0 spiro atoms. The van der Waals surface area contributed by atoms with Gasteiger partial charge in [-0.15, -0.1) is 0 Å². The van der Waals surface area contributed by atoms with Crippen LogP contribution < -0.4 is 36.0 Å². The number of pyridine rings is 1. The molecule has 13 heteroatoms. The Labute approximate surface area is 304 Å². The molecule has 53 heavy (non-hydrogen) atoms. The molecule has 8 rings (SSSR count). The summed E-state index contributed by atoms with van der Waals surface area (Å²) in [4.78, 5) is 38.9. The first-order valence-electron chi connectivity index (χ1n) is 17.4. The molecule has 6 heterocycles. The fourth-order valence-corrected chi connectivity index (χ4v) is 6.67. The Morgan fingerprint density at radius 1 is 0.698 bits per heavy atom. The second kappa shape index (κ2) is 15.8. The lowest BCUT2D eigenvalue weighted by atomic mass is 9.91. The average molecular weight is 718 g/mol. The molecule has 12 nitrogen and oxygen atoms in total. The van der Waals surface area contributed by atoms with Gasteiger partial charge in [0, 0.05) is 42.2 Å². The van der Waals surface area contributed by atoms with Gasteiger partial charge in [-0.25, -0.2) is 14.4 Å². The highest BCUT2D eigenvalue weighted by Crippen LogP contribution is 2.32. The SMILES string of the molecule is COc1ccc(-c2cc(=O)n3cc(C4=CCNCC4)ncc3n2)cc1OC.COc1ccc(-c2cc(=O)n3cc(C4CCNCC4)ccc3n2)cc1F. The number of hydrogen-bond acceptors (Lipinski definition) is 10. The molecule has 1 saturated heterocycles. The van der Waals surface area contributed by atoms with Crippen LogP contribution in [0, 0.1) is 5.82 Å². The predicted octanol–water partition coefficient (Wildman–Crippen LogP) is 5.13. The Morgan fingerprint density at radius 2 is 1.36 bits per heavy atom. The number of aromatic nitrogens is 5. The van der Waals surface area contributed by atoms with Gasteiger partial charge in [0.1, 0.15) is 5.65 Å². The lowest BCUT2D eigenvalue weighted by molar-refractivity contribution is 0.355. The number of hydrogen-bond donors (Lipinski definition) is 2. The van der Waals surface area contributed by atoms with Gasteiger partial charge in [0.15, 0.2) is 28.7 Å². The van der Waals surface area contributed by atoms with E-state index in [-0.39, 0.29) is 16.9 Å².